The van der Waals surface area contributed by atoms with Gasteiger partial charge in [-0.05, 0) is 59.4 Å². The number of rotatable bonds is 14. The van der Waals surface area contributed by atoms with Gasteiger partial charge in [-0.1, -0.05) is 24.3 Å². The lowest BCUT2D eigenvalue weighted by Crippen LogP contribution is -2.49. The lowest BCUT2D eigenvalue weighted by molar-refractivity contribution is -0.192. The minimum atomic E-state index is -4.72. The van der Waals surface area contributed by atoms with Gasteiger partial charge in [-0.25, -0.2) is 13.2 Å². The lowest BCUT2D eigenvalue weighted by atomic mass is 9.85. The second-order valence-corrected chi connectivity index (χ2v) is 11.2. The maximum Gasteiger partial charge on any atom is 0.394 e. The van der Waals surface area contributed by atoms with Crippen LogP contribution in [0.3, 0.4) is 0 Å². The molecule has 3 atom stereocenters. The number of aliphatic hydroxyl groups excluding tert-OH is 1. The number of halogens is 6. The molecule has 3 aromatic rings. The predicted octanol–water partition coefficient (Wildman–Crippen LogP) is 5.23. The zero-order valence-electron chi connectivity index (χ0n) is 24.7. The van der Waals surface area contributed by atoms with Crippen LogP contribution in [0.1, 0.15) is 47.4 Å². The molecule has 2 aromatic carbocycles. The number of nitrogens with zero attached hydrogens (tertiary/aromatic N) is 1. The lowest BCUT2D eigenvalue weighted by Gasteiger charge is -2.30. The Kier molecular flexibility index (Phi) is 12.3. The maximum atomic E-state index is 14.9. The number of ketones is 1. The topological polar surface area (TPSA) is 97.8 Å². The van der Waals surface area contributed by atoms with Gasteiger partial charge in [0.25, 0.3) is 0 Å². The number of carbonyl (C=O) groups is 2. The van der Waals surface area contributed by atoms with Crippen molar-refractivity contribution >= 4 is 11.8 Å². The van der Waals surface area contributed by atoms with Crippen molar-refractivity contribution in [3.63, 3.8) is 0 Å². The summed E-state index contributed by atoms with van der Waals surface area (Å²) in [5.41, 5.74) is 2.07. The molecule has 1 aliphatic rings. The molecule has 7 nitrogen and oxygen atoms in total. The minimum absolute atomic E-state index is 0.00565. The number of Topliss-reactive ketones (excluding diaryl/α,β-unsaturated/α-hetero) is 1. The van der Waals surface area contributed by atoms with Crippen molar-refractivity contribution in [3.8, 4) is 0 Å². The molecule has 13 heteroatoms. The van der Waals surface area contributed by atoms with E-state index in [0.717, 1.165) is 6.20 Å². The van der Waals surface area contributed by atoms with E-state index >= 15 is 0 Å². The highest BCUT2D eigenvalue weighted by atomic mass is 19.4. The predicted molar refractivity (Wildman–Crippen MR) is 154 cm³/mol. The van der Waals surface area contributed by atoms with Crippen LogP contribution in [0.5, 0.6) is 0 Å². The summed E-state index contributed by atoms with van der Waals surface area (Å²) in [4.78, 5) is 29.0. The summed E-state index contributed by atoms with van der Waals surface area (Å²) in [5, 5.41) is 12.0. The van der Waals surface area contributed by atoms with Gasteiger partial charge in [0, 0.05) is 31.5 Å². The molecule has 1 fully saturated rings. The van der Waals surface area contributed by atoms with E-state index in [-0.39, 0.29) is 44.4 Å². The van der Waals surface area contributed by atoms with Gasteiger partial charge >= 0.3 is 12.1 Å². The van der Waals surface area contributed by atoms with E-state index in [9.17, 15) is 35.9 Å². The summed E-state index contributed by atoms with van der Waals surface area (Å²) in [7, 11) is 0. The molecule has 1 saturated heterocycles. The van der Waals surface area contributed by atoms with Gasteiger partial charge in [0.2, 0.25) is 0 Å². The van der Waals surface area contributed by atoms with E-state index in [0.29, 0.717) is 35.2 Å². The quantitative estimate of drug-likeness (QED) is 0.182. The first kappa shape index (κ1) is 35.1. The Morgan fingerprint density at radius 3 is 2.15 bits per heavy atom. The number of ether oxygens (including phenoxy) is 2. The normalized spacial score (nSPS) is 17.6. The number of alkyl halides is 3. The Bertz CT molecular complexity index is 1400. The highest BCUT2D eigenvalue weighted by Gasteiger charge is 2.41. The number of nitrogens with one attached hydrogen (secondary N) is 1. The van der Waals surface area contributed by atoms with Gasteiger partial charge in [-0.15, -0.1) is 0 Å². The highest BCUT2D eigenvalue weighted by Crippen LogP contribution is 2.31. The van der Waals surface area contributed by atoms with E-state index in [1.165, 1.54) is 30.5 Å². The van der Waals surface area contributed by atoms with Gasteiger partial charge in [-0.2, -0.15) is 13.2 Å². The van der Waals surface area contributed by atoms with Crippen molar-refractivity contribution in [2.24, 2.45) is 5.92 Å². The fourth-order valence-corrected chi connectivity index (χ4v) is 5.27. The van der Waals surface area contributed by atoms with Crippen molar-refractivity contribution in [2.75, 3.05) is 26.4 Å². The smallest absolute Gasteiger partial charge is 0.394 e. The molecule has 0 aliphatic carbocycles. The molecule has 0 radical (unpaired) electrons. The molecule has 1 aliphatic heterocycles. The number of hydrogen-bond donors (Lipinski definition) is 2. The minimum Gasteiger partial charge on any atom is -0.464 e. The van der Waals surface area contributed by atoms with Crippen molar-refractivity contribution in [3.05, 3.63) is 101 Å². The Morgan fingerprint density at radius 1 is 0.978 bits per heavy atom. The highest BCUT2D eigenvalue weighted by molar-refractivity contribution is 5.82. The van der Waals surface area contributed by atoms with Crippen LogP contribution in [-0.2, 0) is 31.9 Å². The third kappa shape index (κ3) is 10.1. The third-order valence-electron chi connectivity index (χ3n) is 7.88. The molecule has 0 amide bonds. The maximum absolute atomic E-state index is 14.9. The van der Waals surface area contributed by atoms with Crippen molar-refractivity contribution < 1.29 is 50.5 Å². The van der Waals surface area contributed by atoms with Crippen LogP contribution in [0.25, 0.3) is 0 Å². The average molecular weight is 653 g/mol. The summed E-state index contributed by atoms with van der Waals surface area (Å²) in [6.07, 6.45) is -3.06. The van der Waals surface area contributed by atoms with E-state index in [1.54, 1.807) is 24.3 Å². The van der Waals surface area contributed by atoms with Crippen molar-refractivity contribution in [1.29, 1.82) is 0 Å². The van der Waals surface area contributed by atoms with Crippen molar-refractivity contribution in [2.45, 2.75) is 56.3 Å². The van der Waals surface area contributed by atoms with Gasteiger partial charge in [0.15, 0.2) is 0 Å². The zero-order valence-corrected chi connectivity index (χ0v) is 24.7. The Hall–Kier alpha value is -3.81. The van der Waals surface area contributed by atoms with Crippen LogP contribution in [0.15, 0.2) is 60.9 Å². The average Bonchev–Trinajstić information content (AvgIpc) is 3.02. The summed E-state index contributed by atoms with van der Waals surface area (Å²) in [6, 6.07) is 11.0. The zero-order chi connectivity index (χ0) is 33.3. The van der Waals surface area contributed by atoms with Gasteiger partial charge in [0.1, 0.15) is 29.8 Å². The number of aromatic nitrogens is 1. The monoisotopic (exact) mass is 652 g/mol. The van der Waals surface area contributed by atoms with E-state index in [4.69, 9.17) is 14.6 Å². The number of aliphatic hydroxyl groups is 1. The van der Waals surface area contributed by atoms with Gasteiger partial charge in [0.05, 0.1) is 43.9 Å². The first-order valence-corrected chi connectivity index (χ1v) is 14.7. The number of pyridine rings is 1. The van der Waals surface area contributed by atoms with Crippen molar-refractivity contribution in [1.82, 2.24) is 10.3 Å². The molecule has 0 spiro atoms. The van der Waals surface area contributed by atoms with E-state index in [1.807, 2.05) is 0 Å². The van der Waals surface area contributed by atoms with Gasteiger partial charge < -0.3 is 19.9 Å². The molecular weight excluding hydrogens is 618 g/mol. The van der Waals surface area contributed by atoms with Crippen LogP contribution in [-0.4, -0.2) is 66.5 Å². The van der Waals surface area contributed by atoms with Gasteiger partial charge in [-0.3, -0.25) is 14.6 Å². The Morgan fingerprint density at radius 2 is 1.61 bits per heavy atom. The number of hydrogen-bond acceptors (Lipinski definition) is 7. The summed E-state index contributed by atoms with van der Waals surface area (Å²) < 4.78 is 91.1. The molecule has 1 unspecified atom stereocenters. The Labute approximate surface area is 261 Å². The molecule has 4 rings (SSSR count). The molecule has 46 heavy (non-hydrogen) atoms. The van der Waals surface area contributed by atoms with E-state index in [2.05, 4.69) is 10.3 Å². The Balaban J connectivity index is 1.31. The second-order valence-electron chi connectivity index (χ2n) is 11.2. The molecule has 2 N–H and O–H groups in total. The van der Waals surface area contributed by atoms with Crippen LogP contribution in [0, 0.1) is 23.4 Å². The molecule has 1 aromatic heterocycles. The molecule has 0 bridgehead atoms. The first-order chi connectivity index (χ1) is 21.9. The fourth-order valence-electron chi connectivity index (χ4n) is 5.27. The van der Waals surface area contributed by atoms with Crippen LogP contribution in [0.2, 0.25) is 0 Å². The van der Waals surface area contributed by atoms with E-state index < -0.39 is 60.5 Å². The fraction of sp³-hybridized carbons (Fsp3) is 0.424. The largest absolute Gasteiger partial charge is 0.464 e. The van der Waals surface area contributed by atoms with Crippen LogP contribution >= 0.6 is 0 Å². The first-order valence-electron chi connectivity index (χ1n) is 14.7. The second kappa shape index (κ2) is 16.1. The van der Waals surface area contributed by atoms with Crippen LogP contribution < -0.4 is 5.32 Å². The molecule has 2 heterocycles. The number of carbonyl (C=O) groups excluding carboxylic acids is 2. The summed E-state index contributed by atoms with van der Waals surface area (Å²) in [5.74, 6) is -5.42. The summed E-state index contributed by atoms with van der Waals surface area (Å²) in [6.45, 7) is -1.03. The standard InChI is InChI=1S/C33H34F6N2O5/c34-24-5-1-20(2-6-24)30(21-3-7-25(35)8-4-21)13-27(43)11-22-14-40-16-31(36)29(22)10-9-28-15-41-26(18-45-28)19-46-32(44)12-23(17-42)33(37,38)39/h1-8,14,16,23,26,28,30,41-42H,9-13,15,17-19H2/t23?,26-,28+/m0/s1. The SMILES string of the molecule is O=C(Cc1cncc(F)c1CC[C@@H]1CN[C@H](COC(=O)CC(CO)C(F)(F)F)CO1)CC(c1ccc(F)cc1)c1ccc(F)cc1. The summed E-state index contributed by atoms with van der Waals surface area (Å²) >= 11 is 0. The number of benzene rings is 2. The number of morpholine rings is 1. The molecule has 248 valence electrons. The third-order valence-corrected chi connectivity index (χ3v) is 7.88. The molecular formula is C33H34F6N2O5. The number of esters is 1. The van der Waals surface area contributed by atoms with Crippen LogP contribution in [0.4, 0.5) is 26.3 Å². The molecule has 0 saturated carbocycles.